The highest BCUT2D eigenvalue weighted by atomic mass is 19.1. The standard InChI is InChI=1S/C21H27FN2O2/c22-18-12-17(1-2-19(18)24-3-5-26-6-4-24)23-21(25)20-15-8-13-7-14(10-15)11-16(20)9-13/h1-2,12-16,20H,3-11H2,(H,23,25). The molecule has 5 fully saturated rings. The average molecular weight is 358 g/mol. The summed E-state index contributed by atoms with van der Waals surface area (Å²) in [4.78, 5) is 14.9. The summed E-state index contributed by atoms with van der Waals surface area (Å²) < 4.78 is 19.9. The Bertz CT molecular complexity index is 673. The van der Waals surface area contributed by atoms with Crippen LogP contribution < -0.4 is 10.2 Å². The molecule has 4 nitrogen and oxygen atoms in total. The van der Waals surface area contributed by atoms with Crippen molar-refractivity contribution in [3.63, 3.8) is 0 Å². The number of ether oxygens (including phenoxy) is 1. The van der Waals surface area contributed by atoms with Gasteiger partial charge in [0.25, 0.3) is 0 Å². The zero-order valence-electron chi connectivity index (χ0n) is 15.1. The lowest BCUT2D eigenvalue weighted by atomic mass is 9.51. The van der Waals surface area contributed by atoms with Gasteiger partial charge in [0.05, 0.1) is 18.9 Å². The number of carbonyl (C=O) groups excluding carboxylic acids is 1. The molecule has 26 heavy (non-hydrogen) atoms. The van der Waals surface area contributed by atoms with E-state index in [0.29, 0.717) is 49.5 Å². The number of nitrogens with one attached hydrogen (secondary N) is 1. The fourth-order valence-electron chi connectivity index (χ4n) is 6.22. The topological polar surface area (TPSA) is 41.6 Å². The van der Waals surface area contributed by atoms with E-state index in [4.69, 9.17) is 4.74 Å². The van der Waals surface area contributed by atoms with Crippen LogP contribution in [-0.4, -0.2) is 32.2 Å². The molecule has 1 saturated heterocycles. The van der Waals surface area contributed by atoms with Crippen molar-refractivity contribution in [2.45, 2.75) is 32.1 Å². The molecule has 5 heteroatoms. The quantitative estimate of drug-likeness (QED) is 0.896. The number of benzene rings is 1. The van der Waals surface area contributed by atoms with Crippen molar-refractivity contribution in [2.24, 2.45) is 29.6 Å². The van der Waals surface area contributed by atoms with Gasteiger partial charge >= 0.3 is 0 Å². The summed E-state index contributed by atoms with van der Waals surface area (Å²) in [6, 6.07) is 5.09. The van der Waals surface area contributed by atoms with Gasteiger partial charge in [0.15, 0.2) is 0 Å². The second-order valence-corrected chi connectivity index (χ2v) is 8.71. The zero-order valence-corrected chi connectivity index (χ0v) is 15.1. The highest BCUT2D eigenvalue weighted by molar-refractivity contribution is 5.93. The highest BCUT2D eigenvalue weighted by Crippen LogP contribution is 2.56. The summed E-state index contributed by atoms with van der Waals surface area (Å²) >= 11 is 0. The zero-order chi connectivity index (χ0) is 17.7. The van der Waals surface area contributed by atoms with Crippen molar-refractivity contribution < 1.29 is 13.9 Å². The van der Waals surface area contributed by atoms with Crippen LogP contribution in [0.5, 0.6) is 0 Å². The lowest BCUT2D eigenvalue weighted by Crippen LogP contribution is -2.49. The van der Waals surface area contributed by atoms with Crippen LogP contribution >= 0.6 is 0 Å². The first kappa shape index (κ1) is 16.5. The predicted molar refractivity (Wildman–Crippen MR) is 98.6 cm³/mol. The Labute approximate surface area is 154 Å². The smallest absolute Gasteiger partial charge is 0.228 e. The number of hydrogen-bond acceptors (Lipinski definition) is 3. The molecule has 0 atom stereocenters. The third-order valence-corrected chi connectivity index (χ3v) is 7.10. The molecule has 1 heterocycles. The molecule has 1 aromatic rings. The Balaban J connectivity index is 1.29. The molecule has 1 N–H and O–H groups in total. The van der Waals surface area contributed by atoms with Crippen molar-refractivity contribution in [3.8, 4) is 0 Å². The van der Waals surface area contributed by atoms with E-state index in [0.717, 1.165) is 11.8 Å². The van der Waals surface area contributed by atoms with Gasteiger partial charge in [-0.3, -0.25) is 4.79 Å². The second kappa shape index (κ2) is 6.52. The molecular weight excluding hydrogens is 331 g/mol. The Hall–Kier alpha value is -1.62. The molecule has 0 spiro atoms. The number of carbonyl (C=O) groups is 1. The molecule has 0 aromatic heterocycles. The molecule has 4 bridgehead atoms. The van der Waals surface area contributed by atoms with Gasteiger partial charge in [-0.05, 0) is 74.0 Å². The van der Waals surface area contributed by atoms with Gasteiger partial charge < -0.3 is 15.0 Å². The van der Waals surface area contributed by atoms with E-state index >= 15 is 0 Å². The van der Waals surface area contributed by atoms with Gasteiger partial charge in [0, 0.05) is 24.7 Å². The minimum absolute atomic E-state index is 0.109. The molecule has 6 rings (SSSR count). The van der Waals surface area contributed by atoms with Crippen LogP contribution in [0.1, 0.15) is 32.1 Å². The first-order valence-electron chi connectivity index (χ1n) is 10.1. The molecule has 1 aliphatic heterocycles. The van der Waals surface area contributed by atoms with Crippen molar-refractivity contribution in [1.82, 2.24) is 0 Å². The van der Waals surface area contributed by atoms with E-state index in [2.05, 4.69) is 5.32 Å². The summed E-state index contributed by atoms with van der Waals surface area (Å²) in [6.07, 6.45) is 6.26. The van der Waals surface area contributed by atoms with Gasteiger partial charge in [-0.25, -0.2) is 4.39 Å². The van der Waals surface area contributed by atoms with Crippen molar-refractivity contribution in [1.29, 1.82) is 0 Å². The lowest BCUT2D eigenvalue weighted by Gasteiger charge is -2.53. The Morgan fingerprint density at radius 2 is 1.69 bits per heavy atom. The van der Waals surface area contributed by atoms with Crippen LogP contribution in [0.25, 0.3) is 0 Å². The second-order valence-electron chi connectivity index (χ2n) is 8.71. The lowest BCUT2D eigenvalue weighted by molar-refractivity contribution is -0.132. The van der Waals surface area contributed by atoms with Gasteiger partial charge in [0.2, 0.25) is 5.91 Å². The Morgan fingerprint density at radius 3 is 2.31 bits per heavy atom. The van der Waals surface area contributed by atoms with Crippen LogP contribution in [0.15, 0.2) is 18.2 Å². The summed E-state index contributed by atoms with van der Waals surface area (Å²) in [6.45, 7) is 2.67. The number of rotatable bonds is 3. The number of morpholine rings is 1. The third kappa shape index (κ3) is 2.90. The number of anilines is 2. The first-order valence-corrected chi connectivity index (χ1v) is 10.1. The van der Waals surface area contributed by atoms with E-state index in [1.165, 1.54) is 38.2 Å². The molecule has 4 saturated carbocycles. The van der Waals surface area contributed by atoms with Gasteiger partial charge in [0.1, 0.15) is 5.82 Å². The fourth-order valence-corrected chi connectivity index (χ4v) is 6.22. The maximum Gasteiger partial charge on any atom is 0.228 e. The SMILES string of the molecule is O=C(Nc1ccc(N2CCOCC2)c(F)c1)C1C2CC3CC(C2)CC1C3. The normalized spacial score (nSPS) is 35.6. The molecule has 140 valence electrons. The van der Waals surface area contributed by atoms with Gasteiger partial charge in [-0.1, -0.05) is 0 Å². The number of nitrogens with zero attached hydrogens (tertiary/aromatic N) is 1. The maximum atomic E-state index is 14.6. The van der Waals surface area contributed by atoms with E-state index in [1.807, 2.05) is 11.0 Å². The average Bonchev–Trinajstić information content (AvgIpc) is 2.61. The van der Waals surface area contributed by atoms with Crippen LogP contribution in [-0.2, 0) is 9.53 Å². The summed E-state index contributed by atoms with van der Waals surface area (Å²) in [5.74, 6) is 2.77. The largest absolute Gasteiger partial charge is 0.378 e. The Kier molecular flexibility index (Phi) is 4.15. The van der Waals surface area contributed by atoms with E-state index in [9.17, 15) is 9.18 Å². The minimum atomic E-state index is -0.269. The summed E-state index contributed by atoms with van der Waals surface area (Å²) in [5, 5.41) is 3.02. The number of halogens is 1. The van der Waals surface area contributed by atoms with Gasteiger partial charge in [-0.15, -0.1) is 0 Å². The number of amides is 1. The molecule has 5 aliphatic rings. The summed E-state index contributed by atoms with van der Waals surface area (Å²) in [7, 11) is 0. The van der Waals surface area contributed by atoms with Gasteiger partial charge in [-0.2, -0.15) is 0 Å². The van der Waals surface area contributed by atoms with E-state index in [1.54, 1.807) is 6.07 Å². The maximum absolute atomic E-state index is 14.6. The van der Waals surface area contributed by atoms with E-state index < -0.39 is 0 Å². The predicted octanol–water partition coefficient (Wildman–Crippen LogP) is 3.67. The van der Waals surface area contributed by atoms with Crippen LogP contribution in [0.4, 0.5) is 15.8 Å². The monoisotopic (exact) mass is 358 g/mol. The van der Waals surface area contributed by atoms with Crippen molar-refractivity contribution in [2.75, 3.05) is 36.5 Å². The minimum Gasteiger partial charge on any atom is -0.378 e. The van der Waals surface area contributed by atoms with Crippen LogP contribution in [0.2, 0.25) is 0 Å². The van der Waals surface area contributed by atoms with Crippen molar-refractivity contribution in [3.05, 3.63) is 24.0 Å². The van der Waals surface area contributed by atoms with Crippen LogP contribution in [0.3, 0.4) is 0 Å². The number of hydrogen-bond donors (Lipinski definition) is 1. The van der Waals surface area contributed by atoms with Crippen LogP contribution in [0, 0.1) is 35.4 Å². The molecule has 1 amide bonds. The molecule has 1 aromatic carbocycles. The Morgan fingerprint density at radius 1 is 1.04 bits per heavy atom. The summed E-state index contributed by atoms with van der Waals surface area (Å²) in [5.41, 5.74) is 1.18. The first-order chi connectivity index (χ1) is 12.7. The fraction of sp³-hybridized carbons (Fsp3) is 0.667. The molecule has 4 aliphatic carbocycles. The third-order valence-electron chi connectivity index (χ3n) is 7.10. The highest BCUT2D eigenvalue weighted by Gasteiger charge is 2.50. The van der Waals surface area contributed by atoms with E-state index in [-0.39, 0.29) is 17.6 Å². The molecular formula is C21H27FN2O2. The van der Waals surface area contributed by atoms with Crippen molar-refractivity contribution >= 4 is 17.3 Å². The molecule has 0 unspecified atom stereocenters. The molecule has 0 radical (unpaired) electrons.